The van der Waals surface area contributed by atoms with E-state index in [1.54, 1.807) is 29.5 Å². The number of carbonyl (C=O) groups excluding carboxylic acids is 1. The number of nitrogens with zero attached hydrogens (tertiary/aromatic N) is 2. The largest absolute Gasteiger partial charge is 0.486 e. The highest BCUT2D eigenvalue weighted by atomic mass is 32.1. The van der Waals surface area contributed by atoms with Crippen LogP contribution >= 0.6 is 11.3 Å². The van der Waals surface area contributed by atoms with E-state index >= 15 is 0 Å². The zero-order valence-corrected chi connectivity index (χ0v) is 16.3. The summed E-state index contributed by atoms with van der Waals surface area (Å²) in [6.07, 6.45) is 0. The number of thiazole rings is 1. The van der Waals surface area contributed by atoms with Gasteiger partial charge in [-0.05, 0) is 43.7 Å². The number of ether oxygens (including phenoxy) is 1. The first-order valence-electron chi connectivity index (χ1n) is 8.60. The van der Waals surface area contributed by atoms with Crippen molar-refractivity contribution >= 4 is 17.2 Å². The molecule has 3 aromatic rings. The molecule has 0 saturated carbocycles. The Balaban J connectivity index is 1.63. The van der Waals surface area contributed by atoms with Crippen LogP contribution < -0.4 is 4.74 Å². The smallest absolute Gasteiger partial charge is 0.273 e. The Hall–Kier alpha value is -2.73. The molecule has 1 aromatic heterocycles. The highest BCUT2D eigenvalue weighted by Gasteiger charge is 2.21. The maximum absolute atomic E-state index is 13.1. The second-order valence-electron chi connectivity index (χ2n) is 6.37. The molecule has 0 spiro atoms. The van der Waals surface area contributed by atoms with Gasteiger partial charge in [0.05, 0.1) is 6.04 Å². The number of aryl methyl sites for hydroxylation is 1. The summed E-state index contributed by atoms with van der Waals surface area (Å²) in [5, 5.41) is 2.48. The third kappa shape index (κ3) is 4.71. The minimum absolute atomic E-state index is 0.176. The van der Waals surface area contributed by atoms with Gasteiger partial charge in [-0.1, -0.05) is 29.8 Å². The van der Waals surface area contributed by atoms with Crippen molar-refractivity contribution in [3.8, 4) is 5.75 Å². The first-order valence-corrected chi connectivity index (χ1v) is 9.48. The number of rotatable bonds is 6. The zero-order valence-electron chi connectivity index (χ0n) is 15.5. The van der Waals surface area contributed by atoms with Gasteiger partial charge in [0.25, 0.3) is 5.91 Å². The molecule has 0 aliphatic heterocycles. The number of amides is 1. The number of halogens is 1. The molecule has 3 rings (SSSR count). The molecule has 140 valence electrons. The zero-order chi connectivity index (χ0) is 19.4. The lowest BCUT2D eigenvalue weighted by Gasteiger charge is -2.24. The Bertz CT molecular complexity index is 907. The maximum Gasteiger partial charge on any atom is 0.273 e. The Labute approximate surface area is 162 Å². The first-order chi connectivity index (χ1) is 12.9. The molecule has 0 radical (unpaired) electrons. The average molecular weight is 384 g/mol. The fourth-order valence-corrected chi connectivity index (χ4v) is 3.26. The van der Waals surface area contributed by atoms with Gasteiger partial charge >= 0.3 is 0 Å². The lowest BCUT2D eigenvalue weighted by atomic mass is 10.1. The molecule has 0 fully saturated rings. The van der Waals surface area contributed by atoms with Gasteiger partial charge < -0.3 is 9.64 Å². The molecule has 0 aliphatic carbocycles. The van der Waals surface area contributed by atoms with E-state index in [-0.39, 0.29) is 17.8 Å². The van der Waals surface area contributed by atoms with Gasteiger partial charge in [-0.2, -0.15) is 0 Å². The Morgan fingerprint density at radius 2 is 1.85 bits per heavy atom. The minimum Gasteiger partial charge on any atom is -0.486 e. The third-order valence-electron chi connectivity index (χ3n) is 4.41. The molecule has 1 heterocycles. The van der Waals surface area contributed by atoms with Gasteiger partial charge in [-0.15, -0.1) is 11.3 Å². The van der Waals surface area contributed by atoms with Crippen molar-refractivity contribution in [3.63, 3.8) is 0 Å². The van der Waals surface area contributed by atoms with E-state index < -0.39 is 0 Å². The summed E-state index contributed by atoms with van der Waals surface area (Å²) < 4.78 is 18.8. The first kappa shape index (κ1) is 19.0. The summed E-state index contributed by atoms with van der Waals surface area (Å²) in [6, 6.07) is 13.8. The second-order valence-corrected chi connectivity index (χ2v) is 7.31. The molecule has 1 amide bonds. The van der Waals surface area contributed by atoms with Gasteiger partial charge in [-0.25, -0.2) is 9.37 Å². The van der Waals surface area contributed by atoms with Crippen LogP contribution in [0.4, 0.5) is 4.39 Å². The SMILES string of the molecule is Cc1ccc(OCc2nc(C(=O)N(C)C(C)c3ccc(F)cc3)cs2)cc1. The maximum atomic E-state index is 13.1. The molecule has 6 heteroatoms. The van der Waals surface area contributed by atoms with Crippen LogP contribution in [-0.2, 0) is 6.61 Å². The van der Waals surface area contributed by atoms with Crippen molar-refractivity contribution in [1.82, 2.24) is 9.88 Å². The summed E-state index contributed by atoms with van der Waals surface area (Å²) in [5.41, 5.74) is 2.42. The highest BCUT2D eigenvalue weighted by Crippen LogP contribution is 2.22. The summed E-state index contributed by atoms with van der Waals surface area (Å²) in [4.78, 5) is 18.7. The summed E-state index contributed by atoms with van der Waals surface area (Å²) >= 11 is 1.39. The normalized spacial score (nSPS) is 11.9. The van der Waals surface area contributed by atoms with Crippen molar-refractivity contribution in [2.24, 2.45) is 0 Å². The van der Waals surface area contributed by atoms with Crippen molar-refractivity contribution in [2.75, 3.05) is 7.05 Å². The van der Waals surface area contributed by atoms with E-state index in [9.17, 15) is 9.18 Å². The fraction of sp³-hybridized carbons (Fsp3) is 0.238. The Kier molecular flexibility index (Phi) is 5.86. The monoisotopic (exact) mass is 384 g/mol. The van der Waals surface area contributed by atoms with Crippen LogP contribution in [0.1, 0.15) is 39.6 Å². The van der Waals surface area contributed by atoms with Crippen molar-refractivity contribution < 1.29 is 13.9 Å². The number of carbonyl (C=O) groups is 1. The predicted molar refractivity (Wildman–Crippen MR) is 105 cm³/mol. The molecule has 0 saturated heterocycles. The van der Waals surface area contributed by atoms with Crippen LogP contribution in [0.15, 0.2) is 53.9 Å². The van der Waals surface area contributed by atoms with E-state index in [0.29, 0.717) is 12.3 Å². The number of hydrogen-bond donors (Lipinski definition) is 0. The van der Waals surface area contributed by atoms with Gasteiger partial charge in [0.15, 0.2) is 0 Å². The summed E-state index contributed by atoms with van der Waals surface area (Å²) in [6.45, 7) is 4.24. The van der Waals surface area contributed by atoms with Crippen molar-refractivity contribution in [2.45, 2.75) is 26.5 Å². The van der Waals surface area contributed by atoms with E-state index in [2.05, 4.69) is 4.98 Å². The van der Waals surface area contributed by atoms with Crippen LogP contribution in [0.2, 0.25) is 0 Å². The third-order valence-corrected chi connectivity index (χ3v) is 5.23. The molecule has 0 N–H and O–H groups in total. The van der Waals surface area contributed by atoms with Gasteiger partial charge in [0.1, 0.15) is 28.9 Å². The lowest BCUT2D eigenvalue weighted by Crippen LogP contribution is -2.30. The molecule has 1 atom stereocenters. The molecular weight excluding hydrogens is 363 g/mol. The molecule has 2 aromatic carbocycles. The Morgan fingerprint density at radius 3 is 2.52 bits per heavy atom. The number of benzene rings is 2. The average Bonchev–Trinajstić information content (AvgIpc) is 3.15. The quantitative estimate of drug-likeness (QED) is 0.600. The minimum atomic E-state index is -0.294. The van der Waals surface area contributed by atoms with E-state index in [0.717, 1.165) is 16.3 Å². The lowest BCUT2D eigenvalue weighted by molar-refractivity contribution is 0.0737. The highest BCUT2D eigenvalue weighted by molar-refractivity contribution is 7.09. The van der Waals surface area contributed by atoms with Crippen LogP contribution in [-0.4, -0.2) is 22.8 Å². The standard InChI is InChI=1S/C21H21FN2O2S/c1-14-4-10-18(11-5-14)26-12-20-23-19(13-27-20)21(25)24(3)15(2)16-6-8-17(22)9-7-16/h4-11,13,15H,12H2,1-3H3. The Morgan fingerprint density at radius 1 is 1.19 bits per heavy atom. The van der Waals surface area contributed by atoms with Crippen molar-refractivity contribution in [3.05, 3.63) is 81.6 Å². The van der Waals surface area contributed by atoms with E-state index in [1.165, 1.54) is 29.0 Å². The number of aromatic nitrogens is 1. The van der Waals surface area contributed by atoms with Crippen LogP contribution in [0.25, 0.3) is 0 Å². The number of hydrogen-bond acceptors (Lipinski definition) is 4. The van der Waals surface area contributed by atoms with Gasteiger partial charge in [0, 0.05) is 12.4 Å². The topological polar surface area (TPSA) is 42.4 Å². The molecule has 4 nitrogen and oxygen atoms in total. The summed E-state index contributed by atoms with van der Waals surface area (Å²) in [5.74, 6) is 0.299. The second kappa shape index (κ2) is 8.31. The summed E-state index contributed by atoms with van der Waals surface area (Å²) in [7, 11) is 1.72. The molecule has 27 heavy (non-hydrogen) atoms. The fourth-order valence-electron chi connectivity index (χ4n) is 2.58. The van der Waals surface area contributed by atoms with E-state index in [4.69, 9.17) is 4.74 Å². The molecule has 0 aliphatic rings. The van der Waals surface area contributed by atoms with Gasteiger partial charge in [0.2, 0.25) is 0 Å². The van der Waals surface area contributed by atoms with Crippen LogP contribution in [0.3, 0.4) is 0 Å². The van der Waals surface area contributed by atoms with Crippen LogP contribution in [0.5, 0.6) is 5.75 Å². The van der Waals surface area contributed by atoms with E-state index in [1.807, 2.05) is 38.1 Å². The van der Waals surface area contributed by atoms with Crippen LogP contribution in [0, 0.1) is 12.7 Å². The van der Waals surface area contributed by atoms with Gasteiger partial charge in [-0.3, -0.25) is 4.79 Å². The molecular formula is C21H21FN2O2S. The predicted octanol–water partition coefficient (Wildman–Crippen LogP) is 5.00. The van der Waals surface area contributed by atoms with Crippen molar-refractivity contribution in [1.29, 1.82) is 0 Å². The molecule has 0 bridgehead atoms. The molecule has 1 unspecified atom stereocenters.